The van der Waals surface area contributed by atoms with Gasteiger partial charge >= 0.3 is 0 Å². The summed E-state index contributed by atoms with van der Waals surface area (Å²) in [4.78, 5) is 38.1. The maximum Gasteiger partial charge on any atom is 0.270 e. The molecule has 6 heteroatoms. The molecule has 1 saturated heterocycles. The van der Waals surface area contributed by atoms with Crippen LogP contribution in [0.25, 0.3) is 0 Å². The van der Waals surface area contributed by atoms with Gasteiger partial charge in [0, 0.05) is 5.56 Å². The Morgan fingerprint density at radius 3 is 2.12 bits per heavy atom. The second-order valence-corrected chi connectivity index (χ2v) is 7.34. The number of hydrogen-bond donors (Lipinski definition) is 1. The van der Waals surface area contributed by atoms with Crippen LogP contribution in [-0.4, -0.2) is 29.8 Å². The number of rotatable bonds is 3. The molecule has 0 unspecified atom stereocenters. The summed E-state index contributed by atoms with van der Waals surface area (Å²) in [7, 11) is 1.55. The summed E-state index contributed by atoms with van der Waals surface area (Å²) in [5.74, 6) is 0.438. The van der Waals surface area contributed by atoms with Gasteiger partial charge in [-0.1, -0.05) is 12.2 Å². The normalized spacial score (nSPS) is 36.9. The van der Waals surface area contributed by atoms with Crippen LogP contribution >= 0.6 is 0 Å². The number of imide groups is 1. The van der Waals surface area contributed by atoms with Crippen molar-refractivity contribution in [2.75, 3.05) is 7.11 Å². The highest BCUT2D eigenvalue weighted by atomic mass is 16.5. The van der Waals surface area contributed by atoms with Crippen molar-refractivity contribution in [3.63, 3.8) is 0 Å². The summed E-state index contributed by atoms with van der Waals surface area (Å²) >= 11 is 0. The maximum absolute atomic E-state index is 12.8. The van der Waals surface area contributed by atoms with Crippen molar-refractivity contribution < 1.29 is 19.1 Å². The first-order valence-electron chi connectivity index (χ1n) is 8.61. The molecule has 6 nitrogen and oxygen atoms in total. The van der Waals surface area contributed by atoms with Gasteiger partial charge in [0.05, 0.1) is 18.9 Å². The van der Waals surface area contributed by atoms with Gasteiger partial charge in [-0.3, -0.25) is 19.8 Å². The van der Waals surface area contributed by atoms with Crippen molar-refractivity contribution in [2.24, 2.45) is 35.5 Å². The number of methoxy groups -OCH3 is 1. The SMILES string of the molecule is COc1ccc(C(=O)NN2C(=O)[C@@H]3[C@@H]4C=C[C@H]([C@@H]5C[C@H]45)[C@H]3C2=O)cc1. The fourth-order valence-electron chi connectivity index (χ4n) is 4.98. The number of benzene rings is 1. The molecule has 4 aliphatic carbocycles. The van der Waals surface area contributed by atoms with Gasteiger partial charge in [0.2, 0.25) is 0 Å². The van der Waals surface area contributed by atoms with Gasteiger partial charge in [0.15, 0.2) is 0 Å². The Balaban J connectivity index is 1.37. The summed E-state index contributed by atoms with van der Waals surface area (Å²) in [5.41, 5.74) is 2.89. The lowest BCUT2D eigenvalue weighted by atomic mass is 9.63. The molecule has 2 saturated carbocycles. The number of nitrogens with zero attached hydrogens (tertiary/aromatic N) is 1. The number of nitrogens with one attached hydrogen (secondary N) is 1. The van der Waals surface area contributed by atoms with E-state index in [0.717, 1.165) is 11.4 Å². The molecule has 5 aliphatic rings. The third-order valence-corrected chi connectivity index (χ3v) is 6.23. The number of allylic oxidation sites excluding steroid dienone is 2. The minimum atomic E-state index is -0.464. The van der Waals surface area contributed by atoms with E-state index >= 15 is 0 Å². The molecule has 6 rings (SSSR count). The van der Waals surface area contributed by atoms with Gasteiger partial charge in [-0.05, 0) is 54.4 Å². The van der Waals surface area contributed by atoms with E-state index in [2.05, 4.69) is 17.6 Å². The second-order valence-electron chi connectivity index (χ2n) is 7.34. The number of amides is 3. The van der Waals surface area contributed by atoms with Crippen molar-refractivity contribution >= 4 is 17.7 Å². The lowest BCUT2D eigenvalue weighted by Gasteiger charge is -2.37. The molecular weight excluding hydrogens is 320 g/mol. The highest BCUT2D eigenvalue weighted by molar-refractivity contribution is 6.08. The average Bonchev–Trinajstić information content (AvgIpc) is 3.43. The van der Waals surface area contributed by atoms with E-state index in [1.165, 1.54) is 0 Å². The zero-order valence-corrected chi connectivity index (χ0v) is 13.7. The van der Waals surface area contributed by atoms with Crippen LogP contribution in [0.1, 0.15) is 16.8 Å². The zero-order chi connectivity index (χ0) is 17.3. The molecule has 1 N–H and O–H groups in total. The lowest BCUT2D eigenvalue weighted by molar-refractivity contribution is -0.143. The molecule has 0 radical (unpaired) electrons. The molecule has 3 fully saturated rings. The molecule has 0 spiro atoms. The monoisotopic (exact) mass is 338 g/mol. The number of ether oxygens (including phenoxy) is 1. The van der Waals surface area contributed by atoms with Crippen LogP contribution in [0.3, 0.4) is 0 Å². The smallest absolute Gasteiger partial charge is 0.270 e. The van der Waals surface area contributed by atoms with Gasteiger partial charge in [-0.25, -0.2) is 0 Å². The Morgan fingerprint density at radius 2 is 1.60 bits per heavy atom. The number of carbonyl (C=O) groups is 3. The number of hydrogen-bond acceptors (Lipinski definition) is 4. The van der Waals surface area contributed by atoms with E-state index in [0.29, 0.717) is 23.1 Å². The predicted molar refractivity (Wildman–Crippen MR) is 87.0 cm³/mol. The Labute approximate surface area is 144 Å². The summed E-state index contributed by atoms with van der Waals surface area (Å²) in [6.45, 7) is 0. The Kier molecular flexibility index (Phi) is 2.90. The van der Waals surface area contributed by atoms with Crippen LogP contribution in [0.15, 0.2) is 36.4 Å². The van der Waals surface area contributed by atoms with Crippen LogP contribution < -0.4 is 10.2 Å². The summed E-state index contributed by atoms with van der Waals surface area (Å²) in [5, 5.41) is 0.958. The van der Waals surface area contributed by atoms with E-state index in [1.807, 2.05) is 0 Å². The lowest BCUT2D eigenvalue weighted by Crippen LogP contribution is -2.46. The minimum absolute atomic E-state index is 0.152. The van der Waals surface area contributed by atoms with Gasteiger partial charge in [-0.2, -0.15) is 5.01 Å². The van der Waals surface area contributed by atoms with Crippen molar-refractivity contribution in [1.82, 2.24) is 10.4 Å². The van der Waals surface area contributed by atoms with Gasteiger partial charge in [0.25, 0.3) is 17.7 Å². The van der Waals surface area contributed by atoms with E-state index in [1.54, 1.807) is 31.4 Å². The van der Waals surface area contributed by atoms with E-state index in [4.69, 9.17) is 4.74 Å². The zero-order valence-electron chi connectivity index (χ0n) is 13.7. The maximum atomic E-state index is 12.8. The van der Waals surface area contributed by atoms with Crippen LogP contribution in [0.2, 0.25) is 0 Å². The molecule has 1 aliphatic heterocycles. The number of hydrazine groups is 1. The van der Waals surface area contributed by atoms with E-state index < -0.39 is 5.91 Å². The van der Waals surface area contributed by atoms with E-state index in [-0.39, 0.29) is 35.5 Å². The average molecular weight is 338 g/mol. The van der Waals surface area contributed by atoms with Gasteiger partial charge in [-0.15, -0.1) is 0 Å². The number of carbonyl (C=O) groups excluding carboxylic acids is 3. The van der Waals surface area contributed by atoms with Crippen LogP contribution in [0.4, 0.5) is 0 Å². The Bertz CT molecular complexity index is 779. The molecule has 128 valence electrons. The van der Waals surface area contributed by atoms with Gasteiger partial charge in [0.1, 0.15) is 5.75 Å². The largest absolute Gasteiger partial charge is 0.497 e. The topological polar surface area (TPSA) is 75.7 Å². The van der Waals surface area contributed by atoms with Crippen molar-refractivity contribution in [2.45, 2.75) is 6.42 Å². The van der Waals surface area contributed by atoms with Gasteiger partial charge < -0.3 is 4.74 Å². The van der Waals surface area contributed by atoms with Crippen LogP contribution in [0.5, 0.6) is 5.75 Å². The summed E-state index contributed by atoms with van der Waals surface area (Å²) in [6, 6.07) is 6.54. The van der Waals surface area contributed by atoms with Crippen LogP contribution in [-0.2, 0) is 9.59 Å². The molecule has 6 atom stereocenters. The minimum Gasteiger partial charge on any atom is -0.497 e. The Hall–Kier alpha value is -2.63. The molecule has 25 heavy (non-hydrogen) atoms. The first-order chi connectivity index (χ1) is 12.1. The third kappa shape index (κ3) is 1.94. The Morgan fingerprint density at radius 1 is 1.04 bits per heavy atom. The molecule has 1 aromatic carbocycles. The molecule has 1 aromatic rings. The van der Waals surface area contributed by atoms with E-state index in [9.17, 15) is 14.4 Å². The molecule has 2 bridgehead atoms. The first-order valence-corrected chi connectivity index (χ1v) is 8.61. The third-order valence-electron chi connectivity index (χ3n) is 6.23. The van der Waals surface area contributed by atoms with Crippen molar-refractivity contribution in [3.05, 3.63) is 42.0 Å². The molecule has 3 amide bonds. The quantitative estimate of drug-likeness (QED) is 0.668. The first kappa shape index (κ1) is 14.7. The predicted octanol–water partition coefficient (Wildman–Crippen LogP) is 1.39. The van der Waals surface area contributed by atoms with Crippen LogP contribution in [0, 0.1) is 35.5 Å². The fraction of sp³-hybridized carbons (Fsp3) is 0.421. The molecule has 1 heterocycles. The van der Waals surface area contributed by atoms with Crippen molar-refractivity contribution in [3.8, 4) is 5.75 Å². The fourth-order valence-corrected chi connectivity index (χ4v) is 4.98. The summed E-state index contributed by atoms with van der Waals surface area (Å²) < 4.78 is 5.07. The standard InChI is InChI=1S/C19H18N2O4/c1-25-10-4-2-9(3-5-10)17(22)20-21-18(23)15-11-6-7-12(14-8-13(11)14)16(15)19(21)24/h2-7,11-16H,8H2,1H3,(H,20,22)/t11-,12-,13-,14+,15-,16-/m1/s1. The second kappa shape index (κ2) is 4.94. The van der Waals surface area contributed by atoms with Crippen molar-refractivity contribution in [1.29, 1.82) is 0 Å². The molecule has 0 aromatic heterocycles. The summed E-state index contributed by atoms with van der Waals surface area (Å²) in [6.07, 6.45) is 5.34. The molecular formula is C19H18N2O4. The highest BCUT2D eigenvalue weighted by Crippen LogP contribution is 2.65. The highest BCUT2D eigenvalue weighted by Gasteiger charge is 2.67.